The van der Waals surface area contributed by atoms with Crippen LogP contribution in [0.25, 0.3) is 0 Å². The second-order valence-corrected chi connectivity index (χ2v) is 15.1. The van der Waals surface area contributed by atoms with Gasteiger partial charge in [0.05, 0.1) is 18.8 Å². The largest absolute Gasteiger partial charge is 0.444 e. The predicted molar refractivity (Wildman–Crippen MR) is 136 cm³/mol. The fourth-order valence-electron chi connectivity index (χ4n) is 4.82. The molecule has 0 aromatic heterocycles. The Balaban J connectivity index is 2.00. The van der Waals surface area contributed by atoms with E-state index >= 15 is 0 Å². The van der Waals surface area contributed by atoms with Crippen LogP contribution in [0.5, 0.6) is 0 Å². The highest BCUT2D eigenvalue weighted by Crippen LogP contribution is 2.37. The van der Waals surface area contributed by atoms with Crippen molar-refractivity contribution in [2.75, 3.05) is 20.3 Å². The van der Waals surface area contributed by atoms with Crippen molar-refractivity contribution in [2.24, 2.45) is 0 Å². The zero-order chi connectivity index (χ0) is 24.3. The van der Waals surface area contributed by atoms with Crippen LogP contribution in [-0.4, -0.2) is 57.3 Å². The van der Waals surface area contributed by atoms with E-state index in [-0.39, 0.29) is 23.3 Å². The molecule has 0 N–H and O–H groups in total. The summed E-state index contributed by atoms with van der Waals surface area (Å²) in [6.45, 7) is 13.4. The summed E-state index contributed by atoms with van der Waals surface area (Å²) in [6.07, 6.45) is 0.374. The number of hydrogen-bond donors (Lipinski definition) is 0. The second kappa shape index (κ2) is 10.00. The van der Waals surface area contributed by atoms with Gasteiger partial charge in [-0.2, -0.15) is 0 Å². The first-order valence-electron chi connectivity index (χ1n) is 11.8. The fraction of sp³-hybridized carbons (Fsp3) is 0.519. The van der Waals surface area contributed by atoms with Crippen LogP contribution in [0.4, 0.5) is 4.79 Å². The Morgan fingerprint density at radius 1 is 0.939 bits per heavy atom. The molecule has 1 aliphatic heterocycles. The number of rotatable bonds is 6. The number of amides is 1. The standard InChI is InChI=1S/C27H39NO4Si/c1-26(2,3)32-25(29)28-19-18-24(30-7)23(28)20-31-33(27(4,5)6,21-14-10-8-11-15-21)22-16-12-9-13-17-22/h8-17,23-24H,18-20H2,1-7H3/t23-,24+/m0/s1. The van der Waals surface area contributed by atoms with Gasteiger partial charge in [0.2, 0.25) is 0 Å². The molecule has 2 aromatic carbocycles. The second-order valence-electron chi connectivity index (χ2n) is 10.8. The summed E-state index contributed by atoms with van der Waals surface area (Å²) in [4.78, 5) is 14.8. The monoisotopic (exact) mass is 469 g/mol. The van der Waals surface area contributed by atoms with Crippen LogP contribution in [-0.2, 0) is 13.9 Å². The van der Waals surface area contributed by atoms with E-state index in [0.29, 0.717) is 13.2 Å². The Bertz CT molecular complexity index is 866. The Kier molecular flexibility index (Phi) is 7.71. The SMILES string of the molecule is CO[C@@H]1CCN(C(=O)OC(C)(C)C)[C@H]1CO[Si](c1ccccc1)(c1ccccc1)C(C)(C)C. The minimum absolute atomic E-state index is 0.0873. The lowest BCUT2D eigenvalue weighted by Crippen LogP contribution is -2.67. The first-order valence-corrected chi connectivity index (χ1v) is 13.7. The molecule has 0 aliphatic carbocycles. The van der Waals surface area contributed by atoms with Crippen LogP contribution in [0.15, 0.2) is 60.7 Å². The van der Waals surface area contributed by atoms with E-state index in [0.717, 1.165) is 6.42 Å². The van der Waals surface area contributed by atoms with E-state index in [2.05, 4.69) is 69.3 Å². The van der Waals surface area contributed by atoms with E-state index in [1.165, 1.54) is 10.4 Å². The highest BCUT2D eigenvalue weighted by Gasteiger charge is 2.51. The lowest BCUT2D eigenvalue weighted by molar-refractivity contribution is 0.00106. The molecule has 1 saturated heterocycles. The average Bonchev–Trinajstić information content (AvgIpc) is 3.17. The van der Waals surface area contributed by atoms with Crippen LogP contribution in [0.2, 0.25) is 5.04 Å². The van der Waals surface area contributed by atoms with E-state index in [1.54, 1.807) is 12.0 Å². The molecule has 5 nitrogen and oxygen atoms in total. The summed E-state index contributed by atoms with van der Waals surface area (Å²) < 4.78 is 18.6. The van der Waals surface area contributed by atoms with Crippen LogP contribution in [0.1, 0.15) is 48.0 Å². The molecule has 1 heterocycles. The topological polar surface area (TPSA) is 48.0 Å². The van der Waals surface area contributed by atoms with Crippen molar-refractivity contribution in [1.82, 2.24) is 4.90 Å². The summed E-state index contributed by atoms with van der Waals surface area (Å²) in [6, 6.07) is 20.9. The summed E-state index contributed by atoms with van der Waals surface area (Å²) in [7, 11) is -0.997. The van der Waals surface area contributed by atoms with Crippen molar-refractivity contribution in [3.63, 3.8) is 0 Å². The fourth-order valence-corrected chi connectivity index (χ4v) is 9.39. The van der Waals surface area contributed by atoms with Gasteiger partial charge in [0.25, 0.3) is 8.32 Å². The molecule has 3 rings (SSSR count). The van der Waals surface area contributed by atoms with Crippen molar-refractivity contribution >= 4 is 24.8 Å². The number of methoxy groups -OCH3 is 1. The predicted octanol–water partition coefficient (Wildman–Crippen LogP) is 4.59. The van der Waals surface area contributed by atoms with Crippen molar-refractivity contribution in [1.29, 1.82) is 0 Å². The smallest absolute Gasteiger partial charge is 0.410 e. The molecule has 1 fully saturated rings. The maximum atomic E-state index is 13.0. The Labute approximate surface area is 200 Å². The molecular weight excluding hydrogens is 430 g/mol. The molecule has 2 atom stereocenters. The minimum Gasteiger partial charge on any atom is -0.444 e. The lowest BCUT2D eigenvalue weighted by Gasteiger charge is -2.44. The summed E-state index contributed by atoms with van der Waals surface area (Å²) in [5, 5.41) is 2.31. The Hall–Kier alpha value is -2.15. The molecule has 0 unspecified atom stereocenters. The van der Waals surface area contributed by atoms with E-state index in [4.69, 9.17) is 13.9 Å². The number of carbonyl (C=O) groups is 1. The Morgan fingerprint density at radius 3 is 1.88 bits per heavy atom. The quantitative estimate of drug-likeness (QED) is 0.581. The summed E-state index contributed by atoms with van der Waals surface area (Å²) in [5.41, 5.74) is -0.550. The third-order valence-electron chi connectivity index (χ3n) is 6.30. The highest BCUT2D eigenvalue weighted by atomic mass is 28.4. The third kappa shape index (κ3) is 5.50. The third-order valence-corrected chi connectivity index (χ3v) is 11.3. The zero-order valence-corrected chi connectivity index (χ0v) is 22.1. The lowest BCUT2D eigenvalue weighted by atomic mass is 10.2. The molecule has 2 aromatic rings. The molecule has 0 spiro atoms. The zero-order valence-electron chi connectivity index (χ0n) is 21.1. The van der Waals surface area contributed by atoms with Gasteiger partial charge in [-0.05, 0) is 42.6 Å². The number of hydrogen-bond acceptors (Lipinski definition) is 4. The molecule has 0 bridgehead atoms. The molecule has 1 aliphatic rings. The normalized spacial score (nSPS) is 19.5. The van der Waals surface area contributed by atoms with Gasteiger partial charge < -0.3 is 18.8 Å². The van der Waals surface area contributed by atoms with E-state index in [9.17, 15) is 4.79 Å². The minimum atomic E-state index is -2.70. The van der Waals surface area contributed by atoms with Crippen LogP contribution < -0.4 is 10.4 Å². The van der Waals surface area contributed by atoms with E-state index < -0.39 is 13.9 Å². The van der Waals surface area contributed by atoms with Crippen LogP contribution in [0, 0.1) is 0 Å². The van der Waals surface area contributed by atoms with Crippen LogP contribution in [0.3, 0.4) is 0 Å². The summed E-state index contributed by atoms with van der Waals surface area (Å²) in [5.74, 6) is 0. The molecule has 0 saturated carbocycles. The van der Waals surface area contributed by atoms with Crippen LogP contribution >= 0.6 is 0 Å². The maximum Gasteiger partial charge on any atom is 0.410 e. The van der Waals surface area contributed by atoms with Crippen molar-refractivity contribution in [2.45, 2.75) is 70.7 Å². The first-order chi connectivity index (χ1) is 15.5. The van der Waals surface area contributed by atoms with Gasteiger partial charge in [-0.1, -0.05) is 81.4 Å². The van der Waals surface area contributed by atoms with Gasteiger partial charge in [0, 0.05) is 13.7 Å². The van der Waals surface area contributed by atoms with Gasteiger partial charge >= 0.3 is 6.09 Å². The number of carbonyl (C=O) groups excluding carboxylic acids is 1. The molecule has 0 radical (unpaired) electrons. The molecular formula is C27H39NO4Si. The number of nitrogens with zero attached hydrogens (tertiary/aromatic N) is 1. The van der Waals surface area contributed by atoms with E-state index in [1.807, 2.05) is 32.9 Å². The van der Waals surface area contributed by atoms with Gasteiger partial charge in [0.1, 0.15) is 5.60 Å². The van der Waals surface area contributed by atoms with Crippen molar-refractivity contribution in [3.8, 4) is 0 Å². The number of likely N-dealkylation sites (tertiary alicyclic amines) is 1. The number of benzene rings is 2. The van der Waals surface area contributed by atoms with Gasteiger partial charge in [0.15, 0.2) is 0 Å². The number of ether oxygens (including phenoxy) is 2. The summed E-state index contributed by atoms with van der Waals surface area (Å²) >= 11 is 0. The molecule has 33 heavy (non-hydrogen) atoms. The first kappa shape index (κ1) is 25.5. The average molecular weight is 470 g/mol. The maximum absolute atomic E-state index is 13.0. The van der Waals surface area contributed by atoms with Gasteiger partial charge in [-0.3, -0.25) is 0 Å². The molecule has 1 amide bonds. The van der Waals surface area contributed by atoms with Crippen molar-refractivity contribution < 1.29 is 18.7 Å². The Morgan fingerprint density at radius 2 is 1.45 bits per heavy atom. The van der Waals surface area contributed by atoms with Gasteiger partial charge in [-0.15, -0.1) is 0 Å². The molecule has 6 heteroatoms. The molecule has 180 valence electrons. The van der Waals surface area contributed by atoms with Crippen molar-refractivity contribution in [3.05, 3.63) is 60.7 Å². The highest BCUT2D eigenvalue weighted by molar-refractivity contribution is 6.99. The van der Waals surface area contributed by atoms with Gasteiger partial charge in [-0.25, -0.2) is 4.79 Å².